The van der Waals surface area contributed by atoms with Crippen LogP contribution >= 0.6 is 11.6 Å². The van der Waals surface area contributed by atoms with E-state index in [1.54, 1.807) is 54.6 Å². The van der Waals surface area contributed by atoms with E-state index in [1.165, 1.54) is 24.1 Å². The molecule has 3 aromatic carbocycles. The van der Waals surface area contributed by atoms with Crippen molar-refractivity contribution >= 4 is 34.7 Å². The molecule has 3 aromatic rings. The fourth-order valence-corrected chi connectivity index (χ4v) is 4.17. The largest absolute Gasteiger partial charge is 0.507 e. The van der Waals surface area contributed by atoms with Crippen molar-refractivity contribution in [2.24, 2.45) is 0 Å². The Morgan fingerprint density at radius 2 is 1.77 bits per heavy atom. The molecule has 180 valence electrons. The molecule has 0 aliphatic carbocycles. The smallest absolute Gasteiger partial charge is 0.300 e. The van der Waals surface area contributed by atoms with Gasteiger partial charge in [-0.05, 0) is 48.4 Å². The van der Waals surface area contributed by atoms with Gasteiger partial charge < -0.3 is 19.7 Å². The Bertz CT molecular complexity index is 1320. The first-order valence-electron chi connectivity index (χ1n) is 11.0. The van der Waals surface area contributed by atoms with Gasteiger partial charge in [-0.2, -0.15) is 0 Å². The molecular formula is C27H24ClNO6. The number of hydrogen-bond donors (Lipinski definition) is 2. The van der Waals surface area contributed by atoms with E-state index in [4.69, 9.17) is 21.1 Å². The summed E-state index contributed by atoms with van der Waals surface area (Å²) >= 11 is 6.17. The first-order valence-corrected chi connectivity index (χ1v) is 11.4. The topological polar surface area (TPSA) is 96.3 Å². The maximum absolute atomic E-state index is 13.3. The lowest BCUT2D eigenvalue weighted by Crippen LogP contribution is -2.29. The second-order valence-corrected chi connectivity index (χ2v) is 8.36. The van der Waals surface area contributed by atoms with Crippen molar-refractivity contribution in [3.8, 4) is 17.2 Å². The van der Waals surface area contributed by atoms with E-state index in [-0.39, 0.29) is 22.1 Å². The number of carbonyl (C=O) groups is 2. The van der Waals surface area contributed by atoms with E-state index in [2.05, 4.69) is 0 Å². The Hall–Kier alpha value is -3.97. The number of nitrogens with zero attached hydrogens (tertiary/aromatic N) is 1. The Labute approximate surface area is 207 Å². The maximum Gasteiger partial charge on any atom is 0.300 e. The quantitative estimate of drug-likeness (QED) is 0.257. The van der Waals surface area contributed by atoms with E-state index in [1.807, 2.05) is 6.92 Å². The molecule has 0 spiro atoms. The molecule has 1 aliphatic rings. The lowest BCUT2D eigenvalue weighted by Gasteiger charge is -2.26. The number of phenolic OH excluding ortho intramolecular Hbond substituents is 1. The number of ketones is 1. The van der Waals surface area contributed by atoms with Gasteiger partial charge in [0.1, 0.15) is 23.0 Å². The molecule has 0 aromatic heterocycles. The monoisotopic (exact) mass is 493 g/mol. The summed E-state index contributed by atoms with van der Waals surface area (Å²) in [5, 5.41) is 21.3. The van der Waals surface area contributed by atoms with Crippen LogP contribution in [-0.2, 0) is 9.59 Å². The highest BCUT2D eigenvalue weighted by atomic mass is 35.5. The molecule has 35 heavy (non-hydrogen) atoms. The molecule has 0 bridgehead atoms. The number of rotatable bonds is 7. The zero-order chi connectivity index (χ0) is 25.1. The minimum absolute atomic E-state index is 0.0497. The summed E-state index contributed by atoms with van der Waals surface area (Å²) in [6.07, 6.45) is 0.809. The zero-order valence-electron chi connectivity index (χ0n) is 19.2. The average molecular weight is 494 g/mol. The summed E-state index contributed by atoms with van der Waals surface area (Å²) in [5.41, 5.74) is 1.07. The van der Waals surface area contributed by atoms with Crippen LogP contribution in [0.15, 0.2) is 72.3 Å². The van der Waals surface area contributed by atoms with E-state index in [0.717, 1.165) is 6.42 Å². The Morgan fingerprint density at radius 1 is 1.03 bits per heavy atom. The van der Waals surface area contributed by atoms with Crippen LogP contribution < -0.4 is 14.4 Å². The third-order valence-corrected chi connectivity index (χ3v) is 5.95. The van der Waals surface area contributed by atoms with Crippen molar-refractivity contribution < 1.29 is 29.3 Å². The van der Waals surface area contributed by atoms with Crippen molar-refractivity contribution in [3.63, 3.8) is 0 Å². The molecule has 8 heteroatoms. The number of halogens is 1. The SMILES string of the molecule is CCCOc1cccc(/C(O)=C2/C(=O)C(=O)N(c3cccc(OC)c3)C2c2ccc(O)c(Cl)c2)c1. The Balaban J connectivity index is 1.91. The number of methoxy groups -OCH3 is 1. The van der Waals surface area contributed by atoms with Gasteiger partial charge in [0.05, 0.1) is 30.4 Å². The van der Waals surface area contributed by atoms with Crippen LogP contribution in [0.1, 0.15) is 30.5 Å². The van der Waals surface area contributed by atoms with Crippen molar-refractivity contribution in [3.05, 3.63) is 88.5 Å². The van der Waals surface area contributed by atoms with Crippen LogP contribution in [0.5, 0.6) is 17.2 Å². The highest BCUT2D eigenvalue weighted by Gasteiger charge is 2.47. The van der Waals surface area contributed by atoms with Crippen molar-refractivity contribution in [2.45, 2.75) is 19.4 Å². The number of ether oxygens (including phenoxy) is 2. The highest BCUT2D eigenvalue weighted by molar-refractivity contribution is 6.51. The van der Waals surface area contributed by atoms with Gasteiger partial charge >= 0.3 is 0 Å². The normalized spacial score (nSPS) is 17.0. The van der Waals surface area contributed by atoms with Crippen LogP contribution in [0, 0.1) is 0 Å². The molecule has 1 atom stereocenters. The fraction of sp³-hybridized carbons (Fsp3) is 0.185. The predicted octanol–water partition coefficient (Wildman–Crippen LogP) is 5.47. The summed E-state index contributed by atoms with van der Waals surface area (Å²) in [7, 11) is 1.50. The molecule has 4 rings (SSSR count). The second kappa shape index (κ2) is 10.1. The van der Waals surface area contributed by atoms with E-state index >= 15 is 0 Å². The lowest BCUT2D eigenvalue weighted by atomic mass is 9.95. The van der Waals surface area contributed by atoms with Gasteiger partial charge in [-0.1, -0.05) is 42.8 Å². The van der Waals surface area contributed by atoms with Gasteiger partial charge in [-0.15, -0.1) is 0 Å². The molecule has 7 nitrogen and oxygen atoms in total. The number of Topliss-reactive ketones (excluding diaryl/α,β-unsaturated/α-hetero) is 1. The van der Waals surface area contributed by atoms with Gasteiger partial charge in [0, 0.05) is 17.3 Å². The first-order chi connectivity index (χ1) is 16.8. The lowest BCUT2D eigenvalue weighted by molar-refractivity contribution is -0.132. The number of aromatic hydroxyl groups is 1. The Morgan fingerprint density at radius 3 is 2.49 bits per heavy atom. The number of benzene rings is 3. The minimum atomic E-state index is -1.000. The molecule has 1 unspecified atom stereocenters. The number of aliphatic hydroxyl groups is 1. The molecule has 1 fully saturated rings. The third kappa shape index (κ3) is 4.68. The summed E-state index contributed by atoms with van der Waals surface area (Å²) in [4.78, 5) is 27.9. The molecule has 2 N–H and O–H groups in total. The number of phenols is 1. The summed E-state index contributed by atoms with van der Waals surface area (Å²) in [6.45, 7) is 2.48. The minimum Gasteiger partial charge on any atom is -0.507 e. The first kappa shape index (κ1) is 24.2. The van der Waals surface area contributed by atoms with Gasteiger partial charge in [-0.3, -0.25) is 14.5 Å². The number of anilines is 1. The summed E-state index contributed by atoms with van der Waals surface area (Å²) in [6, 6.07) is 16.8. The average Bonchev–Trinajstić information content (AvgIpc) is 3.14. The van der Waals surface area contributed by atoms with Gasteiger partial charge in [0.2, 0.25) is 0 Å². The van der Waals surface area contributed by atoms with Gasteiger partial charge in [0.25, 0.3) is 11.7 Å². The molecule has 1 amide bonds. The highest BCUT2D eigenvalue weighted by Crippen LogP contribution is 2.44. The van der Waals surface area contributed by atoms with Crippen LogP contribution in [0.4, 0.5) is 5.69 Å². The van der Waals surface area contributed by atoms with Crippen molar-refractivity contribution in [1.29, 1.82) is 0 Å². The number of hydrogen-bond acceptors (Lipinski definition) is 6. The van der Waals surface area contributed by atoms with Crippen LogP contribution in [-0.4, -0.2) is 35.6 Å². The summed E-state index contributed by atoms with van der Waals surface area (Å²) < 4.78 is 10.9. The fourth-order valence-electron chi connectivity index (χ4n) is 3.98. The molecule has 0 saturated carbocycles. The van der Waals surface area contributed by atoms with Gasteiger partial charge in [-0.25, -0.2) is 0 Å². The van der Waals surface area contributed by atoms with Crippen LogP contribution in [0.25, 0.3) is 5.76 Å². The van der Waals surface area contributed by atoms with Crippen molar-refractivity contribution in [1.82, 2.24) is 0 Å². The number of aliphatic hydroxyl groups excluding tert-OH is 1. The number of carbonyl (C=O) groups excluding carboxylic acids is 2. The molecule has 1 heterocycles. The molecule has 1 saturated heterocycles. The molecule has 1 aliphatic heterocycles. The number of amides is 1. The third-order valence-electron chi connectivity index (χ3n) is 5.64. The molecule has 0 radical (unpaired) electrons. The summed E-state index contributed by atoms with van der Waals surface area (Å²) in [5.74, 6) is -1.12. The van der Waals surface area contributed by atoms with E-state index in [0.29, 0.717) is 34.9 Å². The predicted molar refractivity (Wildman–Crippen MR) is 133 cm³/mol. The standard InChI is InChI=1S/C27H24ClNO6/c1-3-12-35-20-9-4-6-17(13-20)25(31)23-24(16-10-11-22(30)21(28)14-16)29(27(33)26(23)32)18-7-5-8-19(15-18)34-2/h4-11,13-15,24,30-31H,3,12H2,1-2H3/b25-23-. The van der Waals surface area contributed by atoms with Crippen LogP contribution in [0.3, 0.4) is 0 Å². The molecular weight excluding hydrogens is 470 g/mol. The maximum atomic E-state index is 13.3. The zero-order valence-corrected chi connectivity index (χ0v) is 20.0. The van der Waals surface area contributed by atoms with Gasteiger partial charge in [0.15, 0.2) is 0 Å². The second-order valence-electron chi connectivity index (χ2n) is 7.96. The van der Waals surface area contributed by atoms with E-state index in [9.17, 15) is 19.8 Å². The van der Waals surface area contributed by atoms with Crippen LogP contribution in [0.2, 0.25) is 5.02 Å². The van der Waals surface area contributed by atoms with Crippen molar-refractivity contribution in [2.75, 3.05) is 18.6 Å². The van der Waals surface area contributed by atoms with E-state index < -0.39 is 17.7 Å². The Kier molecular flexibility index (Phi) is 6.98.